The SMILES string of the molecule is CCOC(=O)c1cc2c(ccn2C)n1CC(=O)Nc1ccc(F)c(Cl)c1. The molecular formula is C18H17ClFN3O3. The Hall–Kier alpha value is -2.80. The van der Waals surface area contributed by atoms with E-state index in [0.29, 0.717) is 11.4 Å². The highest BCUT2D eigenvalue weighted by Gasteiger charge is 2.20. The molecule has 0 aliphatic carbocycles. The Balaban J connectivity index is 1.88. The molecule has 0 radical (unpaired) electrons. The first-order valence-electron chi connectivity index (χ1n) is 7.97. The van der Waals surface area contributed by atoms with Crippen LogP contribution < -0.4 is 5.32 Å². The summed E-state index contributed by atoms with van der Waals surface area (Å²) < 4.78 is 21.8. The van der Waals surface area contributed by atoms with Crippen molar-refractivity contribution < 1.29 is 18.7 Å². The largest absolute Gasteiger partial charge is 0.461 e. The van der Waals surface area contributed by atoms with Crippen molar-refractivity contribution in [2.24, 2.45) is 7.05 Å². The summed E-state index contributed by atoms with van der Waals surface area (Å²) in [6, 6.07) is 7.43. The van der Waals surface area contributed by atoms with Crippen molar-refractivity contribution in [2.45, 2.75) is 13.5 Å². The zero-order valence-corrected chi connectivity index (χ0v) is 15.0. The molecule has 0 atom stereocenters. The first-order valence-corrected chi connectivity index (χ1v) is 8.35. The Labute approximate surface area is 154 Å². The first-order chi connectivity index (χ1) is 12.4. The van der Waals surface area contributed by atoms with Gasteiger partial charge in [0, 0.05) is 18.9 Å². The number of nitrogens with one attached hydrogen (secondary N) is 1. The molecule has 0 bridgehead atoms. The van der Waals surface area contributed by atoms with E-state index in [-0.39, 0.29) is 24.1 Å². The number of hydrogen-bond acceptors (Lipinski definition) is 3. The number of amides is 1. The molecule has 0 spiro atoms. The third-order valence-corrected chi connectivity index (χ3v) is 4.23. The van der Waals surface area contributed by atoms with E-state index in [4.69, 9.17) is 16.3 Å². The van der Waals surface area contributed by atoms with Crippen LogP contribution in [0, 0.1) is 5.82 Å². The first kappa shape index (κ1) is 18.0. The fraction of sp³-hybridized carbons (Fsp3) is 0.222. The van der Waals surface area contributed by atoms with E-state index < -0.39 is 11.8 Å². The Bertz CT molecular complexity index is 993. The number of esters is 1. The van der Waals surface area contributed by atoms with Crippen molar-refractivity contribution in [1.82, 2.24) is 9.13 Å². The lowest BCUT2D eigenvalue weighted by Gasteiger charge is -2.10. The van der Waals surface area contributed by atoms with Crippen LogP contribution >= 0.6 is 11.6 Å². The van der Waals surface area contributed by atoms with Crippen molar-refractivity contribution in [1.29, 1.82) is 0 Å². The zero-order valence-electron chi connectivity index (χ0n) is 14.3. The molecule has 6 nitrogen and oxygen atoms in total. The monoisotopic (exact) mass is 377 g/mol. The minimum Gasteiger partial charge on any atom is -0.461 e. The summed E-state index contributed by atoms with van der Waals surface area (Å²) in [7, 11) is 1.85. The maximum Gasteiger partial charge on any atom is 0.355 e. The molecular weight excluding hydrogens is 361 g/mol. The van der Waals surface area contributed by atoms with Crippen LogP contribution in [0.25, 0.3) is 11.0 Å². The number of ether oxygens (including phenoxy) is 1. The zero-order chi connectivity index (χ0) is 18.8. The topological polar surface area (TPSA) is 65.3 Å². The van der Waals surface area contributed by atoms with Crippen LogP contribution in [0.5, 0.6) is 0 Å². The van der Waals surface area contributed by atoms with Gasteiger partial charge in [0.1, 0.15) is 18.1 Å². The average molecular weight is 378 g/mol. The molecule has 0 saturated carbocycles. The number of fused-ring (bicyclic) bond motifs is 1. The van der Waals surface area contributed by atoms with E-state index in [2.05, 4.69) is 5.32 Å². The van der Waals surface area contributed by atoms with E-state index in [0.717, 1.165) is 11.0 Å². The fourth-order valence-electron chi connectivity index (χ4n) is 2.73. The van der Waals surface area contributed by atoms with Gasteiger partial charge in [-0.25, -0.2) is 9.18 Å². The molecule has 1 amide bonds. The molecule has 0 aliphatic rings. The Morgan fingerprint density at radius 1 is 1.23 bits per heavy atom. The second-order valence-corrected chi connectivity index (χ2v) is 6.12. The van der Waals surface area contributed by atoms with Gasteiger partial charge in [0.05, 0.1) is 22.7 Å². The van der Waals surface area contributed by atoms with E-state index in [1.807, 2.05) is 23.9 Å². The summed E-state index contributed by atoms with van der Waals surface area (Å²) in [5.74, 6) is -1.44. The number of benzene rings is 1. The predicted molar refractivity (Wildman–Crippen MR) is 96.9 cm³/mol. The van der Waals surface area contributed by atoms with Crippen molar-refractivity contribution in [2.75, 3.05) is 11.9 Å². The third kappa shape index (κ3) is 3.43. The lowest BCUT2D eigenvalue weighted by molar-refractivity contribution is -0.116. The number of hydrogen-bond donors (Lipinski definition) is 1. The predicted octanol–water partition coefficient (Wildman–Crippen LogP) is 3.59. The van der Waals surface area contributed by atoms with Gasteiger partial charge in [-0.2, -0.15) is 0 Å². The van der Waals surface area contributed by atoms with Gasteiger partial charge in [0.25, 0.3) is 0 Å². The molecule has 0 saturated heterocycles. The Kier molecular flexibility index (Phi) is 4.99. The van der Waals surface area contributed by atoms with Gasteiger partial charge in [-0.1, -0.05) is 11.6 Å². The van der Waals surface area contributed by atoms with Crippen LogP contribution in [0.3, 0.4) is 0 Å². The maximum atomic E-state index is 13.2. The van der Waals surface area contributed by atoms with Crippen LogP contribution in [0.4, 0.5) is 10.1 Å². The number of rotatable bonds is 5. The highest BCUT2D eigenvalue weighted by atomic mass is 35.5. The summed E-state index contributed by atoms with van der Waals surface area (Å²) in [5.41, 5.74) is 2.21. The van der Waals surface area contributed by atoms with Gasteiger partial charge >= 0.3 is 5.97 Å². The van der Waals surface area contributed by atoms with Crippen LogP contribution in [-0.4, -0.2) is 27.6 Å². The quantitative estimate of drug-likeness (QED) is 0.691. The molecule has 3 aromatic rings. The summed E-state index contributed by atoms with van der Waals surface area (Å²) in [5, 5.41) is 2.57. The summed E-state index contributed by atoms with van der Waals surface area (Å²) in [6.07, 6.45) is 1.84. The summed E-state index contributed by atoms with van der Waals surface area (Å²) >= 11 is 5.73. The van der Waals surface area contributed by atoms with Crippen LogP contribution in [0.1, 0.15) is 17.4 Å². The average Bonchev–Trinajstić information content (AvgIpc) is 3.12. The molecule has 136 valence electrons. The van der Waals surface area contributed by atoms with Crippen molar-refractivity contribution in [3.05, 3.63) is 53.1 Å². The van der Waals surface area contributed by atoms with Gasteiger partial charge in [0.15, 0.2) is 0 Å². The number of aryl methyl sites for hydroxylation is 1. The van der Waals surface area contributed by atoms with Gasteiger partial charge in [0.2, 0.25) is 5.91 Å². The number of aromatic nitrogens is 2. The Morgan fingerprint density at radius 2 is 2.00 bits per heavy atom. The van der Waals surface area contributed by atoms with Gasteiger partial charge < -0.3 is 19.2 Å². The molecule has 0 aliphatic heterocycles. The number of carbonyl (C=O) groups is 2. The standard InChI is InChI=1S/C18H17ClFN3O3/c1-3-26-18(25)16-9-15-14(6-7-22(15)2)23(16)10-17(24)21-11-4-5-13(20)12(19)8-11/h4-9H,3,10H2,1-2H3,(H,21,24). The van der Waals surface area contributed by atoms with Crippen molar-refractivity contribution >= 4 is 40.2 Å². The smallest absolute Gasteiger partial charge is 0.355 e. The van der Waals surface area contributed by atoms with Gasteiger partial charge in [-0.05, 0) is 37.3 Å². The molecule has 1 aromatic carbocycles. The fourth-order valence-corrected chi connectivity index (χ4v) is 2.91. The molecule has 3 rings (SSSR count). The minimum absolute atomic E-state index is 0.0820. The van der Waals surface area contributed by atoms with Crippen molar-refractivity contribution in [3.8, 4) is 0 Å². The van der Waals surface area contributed by atoms with Gasteiger partial charge in [-0.3, -0.25) is 4.79 Å². The Morgan fingerprint density at radius 3 is 2.69 bits per heavy atom. The molecule has 0 unspecified atom stereocenters. The van der Waals surface area contributed by atoms with E-state index in [9.17, 15) is 14.0 Å². The maximum absolute atomic E-state index is 13.2. The van der Waals surface area contributed by atoms with Crippen LogP contribution in [0.2, 0.25) is 5.02 Å². The highest BCUT2D eigenvalue weighted by Crippen LogP contribution is 2.23. The summed E-state index contributed by atoms with van der Waals surface area (Å²) in [6.45, 7) is 1.85. The third-order valence-electron chi connectivity index (χ3n) is 3.94. The minimum atomic E-state index is -0.564. The highest BCUT2D eigenvalue weighted by molar-refractivity contribution is 6.31. The molecule has 0 fully saturated rings. The lowest BCUT2D eigenvalue weighted by Crippen LogP contribution is -2.22. The van der Waals surface area contributed by atoms with E-state index in [1.54, 1.807) is 17.6 Å². The van der Waals surface area contributed by atoms with Crippen molar-refractivity contribution in [3.63, 3.8) is 0 Å². The molecule has 8 heteroatoms. The molecule has 2 aromatic heterocycles. The number of anilines is 1. The number of nitrogens with zero attached hydrogens (tertiary/aromatic N) is 2. The molecule has 2 heterocycles. The van der Waals surface area contributed by atoms with Gasteiger partial charge in [-0.15, -0.1) is 0 Å². The molecule has 1 N–H and O–H groups in total. The molecule has 26 heavy (non-hydrogen) atoms. The van der Waals surface area contributed by atoms with E-state index in [1.165, 1.54) is 18.2 Å². The lowest BCUT2D eigenvalue weighted by atomic mass is 10.3. The normalized spacial score (nSPS) is 10.9. The second kappa shape index (κ2) is 7.21. The van der Waals surface area contributed by atoms with E-state index >= 15 is 0 Å². The summed E-state index contributed by atoms with van der Waals surface area (Å²) in [4.78, 5) is 24.7. The second-order valence-electron chi connectivity index (χ2n) is 5.71. The van der Waals surface area contributed by atoms with Crippen LogP contribution in [0.15, 0.2) is 36.5 Å². The number of carbonyl (C=O) groups excluding carboxylic acids is 2. The van der Waals surface area contributed by atoms with Crippen LogP contribution in [-0.2, 0) is 23.1 Å². The number of halogens is 2.